The van der Waals surface area contributed by atoms with Crippen LogP contribution >= 0.6 is 0 Å². The molecule has 0 spiro atoms. The van der Waals surface area contributed by atoms with Crippen molar-refractivity contribution in [2.45, 2.75) is 108 Å². The third kappa shape index (κ3) is 9.37. The molecule has 4 saturated heterocycles. The summed E-state index contributed by atoms with van der Waals surface area (Å²) in [7, 11) is 0. The molecule has 0 aromatic heterocycles. The number of esters is 1. The summed E-state index contributed by atoms with van der Waals surface area (Å²) in [4.78, 5) is 102. The molecular formula is C40H53N7O8. The first kappa shape index (κ1) is 39.5. The van der Waals surface area contributed by atoms with Crippen LogP contribution in [0.4, 0.5) is 4.79 Å². The number of ether oxygens (including phenoxy) is 1. The first-order chi connectivity index (χ1) is 26.4. The molecule has 6 rings (SSSR count). The Morgan fingerprint density at radius 2 is 1.60 bits per heavy atom. The molecule has 1 aromatic rings. The Morgan fingerprint density at radius 1 is 0.873 bits per heavy atom. The molecule has 15 nitrogen and oxygen atoms in total. The van der Waals surface area contributed by atoms with Crippen LogP contribution in [0.2, 0.25) is 0 Å². The number of hydrogen-bond acceptors (Lipinski definition) is 8. The van der Waals surface area contributed by atoms with Crippen molar-refractivity contribution in [3.05, 3.63) is 59.8 Å². The molecular weight excluding hydrogens is 706 g/mol. The number of allylic oxidation sites excluding steroid dienone is 3. The van der Waals surface area contributed by atoms with Gasteiger partial charge in [-0.15, -0.1) is 0 Å². The average Bonchev–Trinajstić information content (AvgIpc) is 3.83. The van der Waals surface area contributed by atoms with Gasteiger partial charge in [-0.2, -0.15) is 0 Å². The third-order valence-electron chi connectivity index (χ3n) is 11.2. The van der Waals surface area contributed by atoms with Gasteiger partial charge in [0.1, 0.15) is 42.9 Å². The van der Waals surface area contributed by atoms with Crippen LogP contribution in [0.15, 0.2) is 54.3 Å². The van der Waals surface area contributed by atoms with E-state index in [2.05, 4.69) is 28.2 Å². The number of benzene rings is 1. The van der Waals surface area contributed by atoms with E-state index in [1.54, 1.807) is 13.0 Å². The molecule has 4 aliphatic heterocycles. The van der Waals surface area contributed by atoms with Crippen LogP contribution in [0.1, 0.15) is 71.3 Å². The van der Waals surface area contributed by atoms with Gasteiger partial charge in [0.2, 0.25) is 29.5 Å². The maximum absolute atomic E-state index is 14.5. The number of cyclic esters (lactones) is 1. The highest BCUT2D eigenvalue weighted by atomic mass is 16.5. The molecule has 1 aliphatic carbocycles. The van der Waals surface area contributed by atoms with Crippen molar-refractivity contribution in [1.82, 2.24) is 36.0 Å². The molecule has 4 fully saturated rings. The van der Waals surface area contributed by atoms with Crippen molar-refractivity contribution in [1.29, 1.82) is 0 Å². The number of amides is 7. The number of nitrogens with zero attached hydrogens (tertiary/aromatic N) is 3. The van der Waals surface area contributed by atoms with Gasteiger partial charge in [-0.25, -0.2) is 9.59 Å². The van der Waals surface area contributed by atoms with Crippen LogP contribution in [0.5, 0.6) is 0 Å². The Bertz CT molecular complexity index is 1720. The van der Waals surface area contributed by atoms with Crippen LogP contribution in [0.3, 0.4) is 0 Å². The maximum atomic E-state index is 14.5. The Morgan fingerprint density at radius 3 is 2.35 bits per heavy atom. The summed E-state index contributed by atoms with van der Waals surface area (Å²) in [5.74, 6) is -3.07. The number of hydrogen-bond donors (Lipinski definition) is 4. The van der Waals surface area contributed by atoms with Gasteiger partial charge in [0.25, 0.3) is 0 Å². The quantitative estimate of drug-likeness (QED) is 0.315. The van der Waals surface area contributed by atoms with Crippen molar-refractivity contribution >= 4 is 41.5 Å². The standard InChI is InChI=1S/C40H53N7O8/c1-24-14-16-28(17-15-24)42-40(54)44-29(21-27-10-5-4-6-11-27)34(48)43-30-23-55-39(53)33-20-25(2)22-47(33)36(50)26(3)41-35(49)31-12-7-8-18-45(31)38(52)32-13-9-19-46(32)37(30)51/h4-6,10-11,14,16-17,24-26,29-33H,7-9,12-13,15,18-23H2,1-3H3,(H,41,49)(H,43,48)(H2,42,44,54)/t24?,25-,26-,29-,30-,31-,32-,33-/m0/s1. The van der Waals surface area contributed by atoms with Gasteiger partial charge in [-0.1, -0.05) is 56.3 Å². The lowest BCUT2D eigenvalue weighted by atomic mass is 9.99. The minimum atomic E-state index is -1.42. The van der Waals surface area contributed by atoms with E-state index in [1.165, 1.54) is 14.7 Å². The Balaban J connectivity index is 1.29. The van der Waals surface area contributed by atoms with Gasteiger partial charge in [0.05, 0.1) is 0 Å². The Labute approximate surface area is 321 Å². The molecule has 0 bridgehead atoms. The van der Waals surface area contributed by atoms with E-state index in [1.807, 2.05) is 49.4 Å². The van der Waals surface area contributed by atoms with E-state index in [9.17, 15) is 33.6 Å². The van der Waals surface area contributed by atoms with E-state index in [4.69, 9.17) is 4.74 Å². The summed E-state index contributed by atoms with van der Waals surface area (Å²) in [6.07, 6.45) is 9.50. The Hall–Kier alpha value is -5.21. The third-order valence-corrected chi connectivity index (χ3v) is 11.2. The first-order valence-electron chi connectivity index (χ1n) is 19.6. The van der Waals surface area contributed by atoms with Crippen molar-refractivity contribution in [3.8, 4) is 0 Å². The van der Waals surface area contributed by atoms with E-state index in [-0.39, 0.29) is 31.3 Å². The smallest absolute Gasteiger partial charge is 0.328 e. The second-order valence-corrected chi connectivity index (χ2v) is 15.6. The molecule has 1 aromatic carbocycles. The van der Waals surface area contributed by atoms with Crippen LogP contribution in [0.25, 0.3) is 0 Å². The predicted octanol–water partition coefficient (Wildman–Crippen LogP) is 1.53. The predicted molar refractivity (Wildman–Crippen MR) is 200 cm³/mol. The SMILES string of the molecule is CC1C=CC(NC(=O)N[C@@H](Cc2ccccc2)C(=O)N[C@H]2COC(=O)[C@@H]3C[C@H](C)CN3C(=O)[C@H](C)NC(=O)[C@@H]3CCCCN3C(=O)[C@@H]3CCCN3C2=O)=CC1. The summed E-state index contributed by atoms with van der Waals surface area (Å²) >= 11 is 0. The molecule has 15 heteroatoms. The van der Waals surface area contributed by atoms with Gasteiger partial charge in [-0.05, 0) is 75.3 Å². The number of rotatable bonds is 6. The summed E-state index contributed by atoms with van der Waals surface area (Å²) in [5.41, 5.74) is 1.35. The zero-order chi connectivity index (χ0) is 39.2. The van der Waals surface area contributed by atoms with Gasteiger partial charge >= 0.3 is 12.0 Å². The number of nitrogens with one attached hydrogen (secondary N) is 4. The summed E-state index contributed by atoms with van der Waals surface area (Å²) in [6, 6.07) is 2.26. The highest BCUT2D eigenvalue weighted by molar-refractivity contribution is 5.97. The van der Waals surface area contributed by atoms with Gasteiger partial charge < -0.3 is 40.7 Å². The molecule has 0 saturated carbocycles. The fraction of sp³-hybridized carbons (Fsp3) is 0.575. The van der Waals surface area contributed by atoms with Crippen molar-refractivity contribution in [2.24, 2.45) is 11.8 Å². The number of urea groups is 1. The minimum Gasteiger partial charge on any atom is -0.461 e. The van der Waals surface area contributed by atoms with Gasteiger partial charge in [0.15, 0.2) is 0 Å². The lowest BCUT2D eigenvalue weighted by Gasteiger charge is -2.39. The first-order valence-corrected chi connectivity index (χ1v) is 19.6. The number of carbonyl (C=O) groups excluding carboxylic acids is 7. The van der Waals surface area contributed by atoms with Crippen molar-refractivity contribution < 1.29 is 38.3 Å². The molecule has 55 heavy (non-hydrogen) atoms. The zero-order valence-corrected chi connectivity index (χ0v) is 31.8. The number of carbonyl (C=O) groups is 7. The molecule has 4 heterocycles. The second-order valence-electron chi connectivity index (χ2n) is 15.6. The normalized spacial score (nSPS) is 29.7. The highest BCUT2D eigenvalue weighted by Gasteiger charge is 2.46. The molecule has 7 amide bonds. The topological polar surface area (TPSA) is 187 Å². The van der Waals surface area contributed by atoms with E-state index in [0.717, 1.165) is 12.0 Å². The van der Waals surface area contributed by atoms with Crippen LogP contribution in [0, 0.1) is 11.8 Å². The summed E-state index contributed by atoms with van der Waals surface area (Å²) in [5, 5.41) is 11.1. The molecule has 4 N–H and O–H groups in total. The maximum Gasteiger partial charge on any atom is 0.328 e. The summed E-state index contributed by atoms with van der Waals surface area (Å²) in [6.45, 7) is 5.77. The molecule has 1 unspecified atom stereocenters. The van der Waals surface area contributed by atoms with Crippen molar-refractivity contribution in [2.75, 3.05) is 26.2 Å². The molecule has 296 valence electrons. The Kier molecular flexibility index (Phi) is 12.6. The van der Waals surface area contributed by atoms with Crippen LogP contribution in [-0.2, 0) is 39.9 Å². The molecule has 0 radical (unpaired) electrons. The van der Waals surface area contributed by atoms with Crippen molar-refractivity contribution in [3.63, 3.8) is 0 Å². The number of piperidine rings is 1. The molecule has 5 aliphatic rings. The lowest BCUT2D eigenvalue weighted by Crippen LogP contribution is -2.62. The van der Waals surface area contributed by atoms with E-state index in [0.29, 0.717) is 56.7 Å². The van der Waals surface area contributed by atoms with Gasteiger partial charge in [-0.3, -0.25) is 24.0 Å². The largest absolute Gasteiger partial charge is 0.461 e. The van der Waals surface area contributed by atoms with E-state index < -0.39 is 78.5 Å². The van der Waals surface area contributed by atoms with Crippen LogP contribution < -0.4 is 21.3 Å². The highest BCUT2D eigenvalue weighted by Crippen LogP contribution is 2.28. The van der Waals surface area contributed by atoms with E-state index >= 15 is 0 Å². The lowest BCUT2D eigenvalue weighted by molar-refractivity contribution is -0.158. The van der Waals surface area contributed by atoms with Crippen LogP contribution in [-0.4, -0.2) is 119 Å². The minimum absolute atomic E-state index is 0.0420. The monoisotopic (exact) mass is 759 g/mol. The molecule has 8 atom stereocenters. The average molecular weight is 760 g/mol. The fourth-order valence-electron chi connectivity index (χ4n) is 8.19. The number of fused-ring (bicyclic) bond motifs is 3. The van der Waals surface area contributed by atoms with Gasteiger partial charge in [0, 0.05) is 31.8 Å². The second kappa shape index (κ2) is 17.5. The summed E-state index contributed by atoms with van der Waals surface area (Å²) < 4.78 is 5.75. The fourth-order valence-corrected chi connectivity index (χ4v) is 8.19. The zero-order valence-electron chi connectivity index (χ0n) is 31.8.